The molecule has 0 bridgehead atoms. The maximum atomic E-state index is 13.7. The number of aromatic nitrogens is 1. The van der Waals surface area contributed by atoms with Crippen LogP contribution in [0.2, 0.25) is 10.0 Å². The van der Waals surface area contributed by atoms with Crippen molar-refractivity contribution in [3.05, 3.63) is 87.8 Å². The van der Waals surface area contributed by atoms with Crippen molar-refractivity contribution in [3.8, 4) is 11.3 Å². The highest BCUT2D eigenvalue weighted by molar-refractivity contribution is 6.35. The number of benzene rings is 2. The van der Waals surface area contributed by atoms with Crippen molar-refractivity contribution in [2.75, 3.05) is 19.7 Å². The Morgan fingerprint density at radius 3 is 2.27 bits per heavy atom. The molecule has 0 amide bonds. The summed E-state index contributed by atoms with van der Waals surface area (Å²) in [5.41, 5.74) is 2.30. The largest absolute Gasteiger partial charge is 0.394 e. The minimum absolute atomic E-state index is 0.161. The van der Waals surface area contributed by atoms with Crippen LogP contribution in [-0.4, -0.2) is 34.7 Å². The molecule has 1 aromatic heterocycles. The Morgan fingerprint density at radius 1 is 0.967 bits per heavy atom. The molecule has 1 atom stereocenters. The molecule has 1 unspecified atom stereocenters. The summed E-state index contributed by atoms with van der Waals surface area (Å²) in [4.78, 5) is 6.94. The van der Waals surface area contributed by atoms with Crippen molar-refractivity contribution in [1.82, 2.24) is 9.88 Å². The minimum Gasteiger partial charge on any atom is -0.394 e. The van der Waals surface area contributed by atoms with Crippen LogP contribution < -0.4 is 0 Å². The van der Waals surface area contributed by atoms with Gasteiger partial charge in [0, 0.05) is 27.4 Å². The Kier molecular flexibility index (Phi) is 6.40. The normalized spacial score (nSPS) is 16.9. The first-order valence-electron chi connectivity index (χ1n) is 10.1. The highest BCUT2D eigenvalue weighted by atomic mass is 35.5. The fourth-order valence-electron chi connectivity index (χ4n) is 4.45. The SMILES string of the molecule is OCC(c1ccc(F)cc1)(c1cccnc1-c1cc(Cl)cc(Cl)c1)N1CCCCC1. The molecule has 0 radical (unpaired) electrons. The molecule has 0 aliphatic carbocycles. The summed E-state index contributed by atoms with van der Waals surface area (Å²) in [5.74, 6) is -0.308. The Bertz CT molecular complexity index is 1000. The lowest BCUT2D eigenvalue weighted by Crippen LogP contribution is -2.52. The number of aliphatic hydroxyl groups is 1. The smallest absolute Gasteiger partial charge is 0.123 e. The van der Waals surface area contributed by atoms with Crippen molar-refractivity contribution >= 4 is 23.2 Å². The van der Waals surface area contributed by atoms with Gasteiger partial charge in [0.25, 0.3) is 0 Å². The Balaban J connectivity index is 1.97. The van der Waals surface area contributed by atoms with Crippen LogP contribution in [-0.2, 0) is 5.54 Å². The summed E-state index contributed by atoms with van der Waals surface area (Å²) in [5, 5.41) is 11.9. The molecule has 3 aromatic rings. The molecule has 2 heterocycles. The van der Waals surface area contributed by atoms with E-state index in [9.17, 15) is 9.50 Å². The minimum atomic E-state index is -0.855. The monoisotopic (exact) mass is 444 g/mol. The summed E-state index contributed by atoms with van der Waals surface area (Å²) in [6.07, 6.45) is 4.96. The number of likely N-dealkylation sites (tertiary alicyclic amines) is 1. The van der Waals surface area contributed by atoms with Crippen LogP contribution in [0.25, 0.3) is 11.3 Å². The van der Waals surface area contributed by atoms with Crippen molar-refractivity contribution in [1.29, 1.82) is 0 Å². The number of halogens is 3. The first-order chi connectivity index (χ1) is 14.5. The Labute approximate surface area is 186 Å². The molecule has 156 valence electrons. The quantitative estimate of drug-likeness (QED) is 0.530. The highest BCUT2D eigenvalue weighted by Gasteiger charge is 2.42. The topological polar surface area (TPSA) is 36.4 Å². The summed E-state index contributed by atoms with van der Waals surface area (Å²) in [7, 11) is 0. The molecule has 1 aliphatic heterocycles. The Morgan fingerprint density at radius 2 is 1.63 bits per heavy atom. The van der Waals surface area contributed by atoms with E-state index in [1.165, 1.54) is 12.1 Å². The lowest BCUT2D eigenvalue weighted by molar-refractivity contribution is 0.0423. The van der Waals surface area contributed by atoms with Crippen molar-refractivity contribution in [2.24, 2.45) is 0 Å². The van der Waals surface area contributed by atoms with Gasteiger partial charge in [-0.05, 0) is 67.9 Å². The standard InChI is InChI=1S/C24H23Cl2FN2O/c25-19-13-17(14-20(26)15-19)23-22(5-4-10-28-23)24(16-30,29-11-2-1-3-12-29)18-6-8-21(27)9-7-18/h4-10,13-15,30H,1-3,11-12,16H2. The van der Waals surface area contributed by atoms with E-state index in [1.807, 2.05) is 24.3 Å². The number of hydrogen-bond donors (Lipinski definition) is 1. The fourth-order valence-corrected chi connectivity index (χ4v) is 4.97. The van der Waals surface area contributed by atoms with E-state index < -0.39 is 5.54 Å². The van der Waals surface area contributed by atoms with E-state index in [0.717, 1.165) is 49.0 Å². The summed E-state index contributed by atoms with van der Waals surface area (Å²) >= 11 is 12.5. The third-order valence-corrected chi connectivity index (χ3v) is 6.27. The predicted molar refractivity (Wildman–Crippen MR) is 119 cm³/mol. The van der Waals surface area contributed by atoms with Gasteiger partial charge < -0.3 is 5.11 Å². The van der Waals surface area contributed by atoms with Gasteiger partial charge in [-0.15, -0.1) is 0 Å². The van der Waals surface area contributed by atoms with E-state index in [4.69, 9.17) is 23.2 Å². The zero-order valence-electron chi connectivity index (χ0n) is 16.5. The number of hydrogen-bond acceptors (Lipinski definition) is 3. The van der Waals surface area contributed by atoms with Crippen LogP contribution >= 0.6 is 23.2 Å². The first-order valence-corrected chi connectivity index (χ1v) is 10.8. The zero-order valence-corrected chi connectivity index (χ0v) is 18.0. The molecule has 1 fully saturated rings. The molecule has 1 N–H and O–H groups in total. The zero-order chi connectivity index (χ0) is 21.1. The number of aliphatic hydroxyl groups excluding tert-OH is 1. The lowest BCUT2D eigenvalue weighted by atomic mass is 9.78. The number of rotatable bonds is 5. The van der Waals surface area contributed by atoms with Crippen LogP contribution in [0.1, 0.15) is 30.4 Å². The van der Waals surface area contributed by atoms with Crippen molar-refractivity contribution in [2.45, 2.75) is 24.8 Å². The molecule has 1 saturated heterocycles. The van der Waals surface area contributed by atoms with E-state index >= 15 is 0 Å². The van der Waals surface area contributed by atoms with Crippen LogP contribution in [0.4, 0.5) is 4.39 Å². The van der Waals surface area contributed by atoms with E-state index in [0.29, 0.717) is 15.7 Å². The number of piperidine rings is 1. The maximum Gasteiger partial charge on any atom is 0.123 e. The molecule has 30 heavy (non-hydrogen) atoms. The molecule has 2 aromatic carbocycles. The van der Waals surface area contributed by atoms with Crippen LogP contribution in [0.3, 0.4) is 0 Å². The van der Waals surface area contributed by atoms with Gasteiger partial charge in [-0.3, -0.25) is 9.88 Å². The second kappa shape index (κ2) is 9.03. The van der Waals surface area contributed by atoms with Crippen molar-refractivity contribution in [3.63, 3.8) is 0 Å². The molecule has 3 nitrogen and oxygen atoms in total. The molecule has 0 spiro atoms. The van der Waals surface area contributed by atoms with E-state index in [1.54, 1.807) is 24.4 Å². The first kappa shape index (κ1) is 21.3. The summed E-state index contributed by atoms with van der Waals surface area (Å²) in [6, 6.07) is 15.5. The maximum absolute atomic E-state index is 13.7. The molecule has 6 heteroatoms. The summed E-state index contributed by atoms with van der Waals surface area (Å²) in [6.45, 7) is 1.51. The van der Waals surface area contributed by atoms with Gasteiger partial charge in [-0.1, -0.05) is 47.8 Å². The molecule has 0 saturated carbocycles. The average Bonchev–Trinajstić information content (AvgIpc) is 2.76. The van der Waals surface area contributed by atoms with Gasteiger partial charge in [0.15, 0.2) is 0 Å². The highest BCUT2D eigenvalue weighted by Crippen LogP contribution is 2.42. The third kappa shape index (κ3) is 3.97. The molecular formula is C24H23Cl2FN2O. The molecule has 1 aliphatic rings. The Hall–Kier alpha value is -1.98. The lowest BCUT2D eigenvalue weighted by Gasteiger charge is -2.46. The average molecular weight is 445 g/mol. The fraction of sp³-hybridized carbons (Fsp3) is 0.292. The van der Waals surface area contributed by atoms with Crippen LogP contribution in [0, 0.1) is 5.82 Å². The van der Waals surface area contributed by atoms with Crippen LogP contribution in [0.5, 0.6) is 0 Å². The third-order valence-electron chi connectivity index (χ3n) is 5.84. The van der Waals surface area contributed by atoms with Gasteiger partial charge in [0.2, 0.25) is 0 Å². The van der Waals surface area contributed by atoms with E-state index in [-0.39, 0.29) is 12.4 Å². The summed E-state index contributed by atoms with van der Waals surface area (Å²) < 4.78 is 13.7. The second-order valence-corrected chi connectivity index (χ2v) is 8.50. The number of nitrogens with zero attached hydrogens (tertiary/aromatic N) is 2. The van der Waals surface area contributed by atoms with Crippen LogP contribution in [0.15, 0.2) is 60.8 Å². The molecule has 4 rings (SSSR count). The predicted octanol–water partition coefficient (Wildman–Crippen LogP) is 5.92. The van der Waals surface area contributed by atoms with Gasteiger partial charge in [-0.25, -0.2) is 4.39 Å². The molecular weight excluding hydrogens is 422 g/mol. The van der Waals surface area contributed by atoms with Gasteiger partial charge in [0.05, 0.1) is 17.8 Å². The second-order valence-electron chi connectivity index (χ2n) is 7.63. The van der Waals surface area contributed by atoms with Gasteiger partial charge >= 0.3 is 0 Å². The number of pyridine rings is 1. The van der Waals surface area contributed by atoms with E-state index in [2.05, 4.69) is 9.88 Å². The van der Waals surface area contributed by atoms with Gasteiger partial charge in [-0.2, -0.15) is 0 Å². The van der Waals surface area contributed by atoms with Crippen molar-refractivity contribution < 1.29 is 9.50 Å². The van der Waals surface area contributed by atoms with Gasteiger partial charge in [0.1, 0.15) is 5.82 Å².